The quantitative estimate of drug-likeness (QED) is 0.702. The van der Waals surface area contributed by atoms with Crippen LogP contribution in [0.5, 0.6) is 0 Å². The van der Waals surface area contributed by atoms with Crippen molar-refractivity contribution in [3.8, 4) is 23.7 Å². The minimum absolute atomic E-state index is 0.200. The number of terminal acetylenes is 1. The molecule has 3 nitrogen and oxygen atoms in total. The van der Waals surface area contributed by atoms with Crippen LogP contribution in [0.4, 0.5) is 5.69 Å². The van der Waals surface area contributed by atoms with Gasteiger partial charge in [-0.05, 0) is 42.5 Å². The third kappa shape index (κ3) is 3.28. The van der Waals surface area contributed by atoms with E-state index in [1.165, 1.54) is 0 Å². The highest BCUT2D eigenvalue weighted by molar-refractivity contribution is 6.33. The molecule has 112 valence electrons. The highest BCUT2D eigenvalue weighted by atomic mass is 35.5. The zero-order valence-electron chi connectivity index (χ0n) is 12.0. The number of carbonyl (C=O) groups is 1. The average molecular weight is 322 g/mol. The molecular weight excluding hydrogens is 310 g/mol. The van der Waals surface area contributed by atoms with Crippen LogP contribution in [0, 0.1) is 12.3 Å². The highest BCUT2D eigenvalue weighted by Gasteiger charge is 2.14. The van der Waals surface area contributed by atoms with Crippen molar-refractivity contribution < 1.29 is 9.21 Å². The van der Waals surface area contributed by atoms with Crippen molar-refractivity contribution in [3.63, 3.8) is 0 Å². The average Bonchev–Trinajstić information content (AvgIpc) is 3.05. The Balaban J connectivity index is 1.81. The van der Waals surface area contributed by atoms with Crippen molar-refractivity contribution in [1.82, 2.24) is 0 Å². The van der Waals surface area contributed by atoms with Gasteiger partial charge in [0.2, 0.25) is 0 Å². The second kappa shape index (κ2) is 6.43. The molecule has 0 radical (unpaired) electrons. The Morgan fingerprint density at radius 3 is 2.70 bits per heavy atom. The van der Waals surface area contributed by atoms with Crippen LogP contribution in [0.3, 0.4) is 0 Å². The fourth-order valence-corrected chi connectivity index (χ4v) is 2.37. The summed E-state index contributed by atoms with van der Waals surface area (Å²) in [5, 5.41) is 3.32. The Morgan fingerprint density at radius 2 is 1.91 bits per heavy atom. The van der Waals surface area contributed by atoms with Gasteiger partial charge in [-0.2, -0.15) is 0 Å². The standard InChI is InChI=1S/C19H12ClNO2/c1-2-13-6-5-7-14(12-13)21-19(22)18-11-10-17(23-18)15-8-3-4-9-16(15)20/h1,3-12H,(H,21,22). The number of hydrogen-bond acceptors (Lipinski definition) is 2. The van der Waals surface area contributed by atoms with Gasteiger partial charge in [-0.3, -0.25) is 4.79 Å². The molecule has 0 bridgehead atoms. The summed E-state index contributed by atoms with van der Waals surface area (Å²) in [6, 6.07) is 17.7. The molecule has 1 N–H and O–H groups in total. The van der Waals surface area contributed by atoms with Crippen molar-refractivity contribution in [2.75, 3.05) is 5.32 Å². The second-order valence-electron chi connectivity index (χ2n) is 4.82. The molecular formula is C19H12ClNO2. The molecule has 1 amide bonds. The molecule has 0 aliphatic heterocycles. The fraction of sp³-hybridized carbons (Fsp3) is 0. The molecule has 4 heteroatoms. The molecule has 0 aliphatic carbocycles. The molecule has 3 aromatic rings. The maximum Gasteiger partial charge on any atom is 0.291 e. The van der Waals surface area contributed by atoms with Crippen molar-refractivity contribution in [3.05, 3.63) is 77.0 Å². The zero-order valence-corrected chi connectivity index (χ0v) is 12.8. The van der Waals surface area contributed by atoms with E-state index in [4.69, 9.17) is 22.4 Å². The summed E-state index contributed by atoms with van der Waals surface area (Å²) in [4.78, 5) is 12.3. The number of rotatable bonds is 3. The number of anilines is 1. The first-order valence-corrected chi connectivity index (χ1v) is 7.28. The SMILES string of the molecule is C#Cc1cccc(NC(=O)c2ccc(-c3ccccc3Cl)o2)c1. The predicted octanol–water partition coefficient (Wildman–Crippen LogP) is 4.83. The zero-order chi connectivity index (χ0) is 16.2. The minimum atomic E-state index is -0.350. The molecule has 1 heterocycles. The van der Waals surface area contributed by atoms with E-state index >= 15 is 0 Å². The summed E-state index contributed by atoms with van der Waals surface area (Å²) in [5.74, 6) is 2.91. The predicted molar refractivity (Wildman–Crippen MR) is 91.5 cm³/mol. The van der Waals surface area contributed by atoms with E-state index in [0.717, 1.165) is 5.56 Å². The van der Waals surface area contributed by atoms with Gasteiger partial charge in [0.1, 0.15) is 5.76 Å². The third-order valence-corrected chi connectivity index (χ3v) is 3.59. The molecule has 0 saturated carbocycles. The summed E-state index contributed by atoms with van der Waals surface area (Å²) < 4.78 is 5.60. The summed E-state index contributed by atoms with van der Waals surface area (Å²) in [7, 11) is 0. The number of furan rings is 1. The van der Waals surface area contributed by atoms with E-state index in [0.29, 0.717) is 22.0 Å². The molecule has 1 aromatic heterocycles. The fourth-order valence-electron chi connectivity index (χ4n) is 2.15. The largest absolute Gasteiger partial charge is 0.451 e. The van der Waals surface area contributed by atoms with Crippen LogP contribution >= 0.6 is 11.6 Å². The van der Waals surface area contributed by atoms with E-state index < -0.39 is 0 Å². The van der Waals surface area contributed by atoms with Crippen molar-refractivity contribution in [2.45, 2.75) is 0 Å². The Hall–Kier alpha value is -2.96. The molecule has 0 fully saturated rings. The molecule has 2 aromatic carbocycles. The van der Waals surface area contributed by atoms with Gasteiger partial charge in [0.15, 0.2) is 5.76 Å². The normalized spacial score (nSPS) is 10.1. The number of carbonyl (C=O) groups excluding carboxylic acids is 1. The van der Waals surface area contributed by atoms with Crippen molar-refractivity contribution >= 4 is 23.2 Å². The number of benzene rings is 2. The van der Waals surface area contributed by atoms with Gasteiger partial charge in [0, 0.05) is 16.8 Å². The van der Waals surface area contributed by atoms with Crippen LogP contribution in [0.1, 0.15) is 16.1 Å². The minimum Gasteiger partial charge on any atom is -0.451 e. The first kappa shape index (κ1) is 15.0. The first-order valence-electron chi connectivity index (χ1n) is 6.90. The molecule has 3 rings (SSSR count). The van der Waals surface area contributed by atoms with Gasteiger partial charge in [-0.25, -0.2) is 0 Å². The molecule has 0 unspecified atom stereocenters. The van der Waals surface area contributed by atoms with Crippen molar-refractivity contribution in [1.29, 1.82) is 0 Å². The summed E-state index contributed by atoms with van der Waals surface area (Å²) >= 11 is 6.13. The Morgan fingerprint density at radius 1 is 1.09 bits per heavy atom. The first-order chi connectivity index (χ1) is 11.2. The van der Waals surface area contributed by atoms with E-state index in [-0.39, 0.29) is 11.7 Å². The Kier molecular flexibility index (Phi) is 4.18. The van der Waals surface area contributed by atoms with Crippen LogP contribution in [0.25, 0.3) is 11.3 Å². The smallest absolute Gasteiger partial charge is 0.291 e. The molecule has 0 saturated heterocycles. The van der Waals surface area contributed by atoms with Crippen molar-refractivity contribution in [2.24, 2.45) is 0 Å². The van der Waals surface area contributed by atoms with Gasteiger partial charge in [0.25, 0.3) is 5.91 Å². The number of amides is 1. The Labute approximate surface area is 138 Å². The topological polar surface area (TPSA) is 42.2 Å². The van der Waals surface area contributed by atoms with E-state index in [1.807, 2.05) is 18.2 Å². The number of halogens is 1. The third-order valence-electron chi connectivity index (χ3n) is 3.26. The van der Waals surface area contributed by atoms with Gasteiger partial charge >= 0.3 is 0 Å². The summed E-state index contributed by atoms with van der Waals surface area (Å²) in [6.45, 7) is 0. The molecule has 0 atom stereocenters. The molecule has 23 heavy (non-hydrogen) atoms. The van der Waals surface area contributed by atoms with Gasteiger partial charge < -0.3 is 9.73 Å². The van der Waals surface area contributed by atoms with Gasteiger partial charge in [-0.1, -0.05) is 35.7 Å². The van der Waals surface area contributed by atoms with E-state index in [1.54, 1.807) is 42.5 Å². The van der Waals surface area contributed by atoms with Gasteiger partial charge in [-0.15, -0.1) is 6.42 Å². The maximum absolute atomic E-state index is 12.3. The number of hydrogen-bond donors (Lipinski definition) is 1. The molecule has 0 aliphatic rings. The van der Waals surface area contributed by atoms with Crippen LogP contribution in [0.15, 0.2) is 65.1 Å². The van der Waals surface area contributed by atoms with Gasteiger partial charge in [0.05, 0.1) is 5.02 Å². The van der Waals surface area contributed by atoms with Crippen LogP contribution in [-0.4, -0.2) is 5.91 Å². The lowest BCUT2D eigenvalue weighted by Gasteiger charge is -2.04. The second-order valence-corrected chi connectivity index (χ2v) is 5.23. The van der Waals surface area contributed by atoms with Crippen LogP contribution in [-0.2, 0) is 0 Å². The monoisotopic (exact) mass is 321 g/mol. The van der Waals surface area contributed by atoms with Crippen LogP contribution < -0.4 is 5.32 Å². The van der Waals surface area contributed by atoms with E-state index in [2.05, 4.69) is 11.2 Å². The summed E-state index contributed by atoms with van der Waals surface area (Å²) in [6.07, 6.45) is 5.35. The maximum atomic E-state index is 12.3. The number of nitrogens with one attached hydrogen (secondary N) is 1. The lowest BCUT2D eigenvalue weighted by molar-refractivity contribution is 0.0997. The molecule has 0 spiro atoms. The van der Waals surface area contributed by atoms with E-state index in [9.17, 15) is 4.79 Å². The van der Waals surface area contributed by atoms with Crippen LogP contribution in [0.2, 0.25) is 5.02 Å². The lowest BCUT2D eigenvalue weighted by Crippen LogP contribution is -2.10. The summed E-state index contributed by atoms with van der Waals surface area (Å²) in [5.41, 5.74) is 2.04. The Bertz CT molecular complexity index is 905. The highest BCUT2D eigenvalue weighted by Crippen LogP contribution is 2.29. The lowest BCUT2D eigenvalue weighted by atomic mass is 10.2.